The molecule has 0 amide bonds. The summed E-state index contributed by atoms with van der Waals surface area (Å²) in [6.45, 7) is 3.42. The third kappa shape index (κ3) is 2.57. The summed E-state index contributed by atoms with van der Waals surface area (Å²) in [5, 5.41) is 9.18. The summed E-state index contributed by atoms with van der Waals surface area (Å²) in [5.74, 6) is -0.846. The Bertz CT molecular complexity index is 335. The highest BCUT2D eigenvalue weighted by Crippen LogP contribution is 2.26. The number of carbonyl (C=O) groups is 1. The predicted octanol–water partition coefficient (Wildman–Crippen LogP) is 1.67. The van der Waals surface area contributed by atoms with Crippen LogP contribution in [0.25, 0.3) is 0 Å². The first-order valence-corrected chi connectivity index (χ1v) is 4.99. The summed E-state index contributed by atoms with van der Waals surface area (Å²) in [4.78, 5) is 11.2. The minimum atomic E-state index is -0.901. The van der Waals surface area contributed by atoms with Gasteiger partial charge in [0, 0.05) is 6.04 Å². The topological polar surface area (TPSA) is 63.3 Å². The molecule has 2 atom stereocenters. The van der Waals surface area contributed by atoms with E-state index < -0.39 is 11.4 Å². The molecule has 0 radical (unpaired) electrons. The second-order valence-electron chi connectivity index (χ2n) is 4.17. The fraction of sp³-hybridized carbons (Fsp3) is 0.417. The highest BCUT2D eigenvalue weighted by atomic mass is 16.4. The molecular weight excluding hydrogens is 190 g/mol. The Morgan fingerprint density at radius 1 is 1.47 bits per heavy atom. The number of aliphatic carboxylic acids is 1. The van der Waals surface area contributed by atoms with Gasteiger partial charge in [-0.3, -0.25) is 4.79 Å². The van der Waals surface area contributed by atoms with Crippen molar-refractivity contribution in [3.63, 3.8) is 0 Å². The molecule has 3 heteroatoms. The average Bonchev–Trinajstić information content (AvgIpc) is 2.18. The van der Waals surface area contributed by atoms with Gasteiger partial charge in [0.25, 0.3) is 0 Å². The number of carboxylic acid groups (broad SMARTS) is 1. The summed E-state index contributed by atoms with van der Waals surface area (Å²) >= 11 is 0. The molecule has 0 aliphatic heterocycles. The van der Waals surface area contributed by atoms with E-state index >= 15 is 0 Å². The fourth-order valence-electron chi connectivity index (χ4n) is 1.45. The zero-order valence-corrected chi connectivity index (χ0v) is 9.10. The Hall–Kier alpha value is -1.35. The molecule has 1 aromatic carbocycles. The summed E-state index contributed by atoms with van der Waals surface area (Å²) in [6, 6.07) is 9.17. The Labute approximate surface area is 89.9 Å². The van der Waals surface area contributed by atoms with Crippen LogP contribution in [0.15, 0.2) is 30.3 Å². The van der Waals surface area contributed by atoms with E-state index in [1.807, 2.05) is 30.3 Å². The smallest absolute Gasteiger partial charge is 0.311 e. The molecule has 0 aliphatic rings. The van der Waals surface area contributed by atoms with E-state index in [4.69, 9.17) is 5.73 Å². The number of nitrogens with two attached hydrogens (primary N) is 1. The minimum absolute atomic E-state index is 0.379. The van der Waals surface area contributed by atoms with Gasteiger partial charge in [-0.15, -0.1) is 0 Å². The lowest BCUT2D eigenvalue weighted by atomic mass is 9.78. The van der Waals surface area contributed by atoms with Crippen molar-refractivity contribution in [2.45, 2.75) is 26.3 Å². The molecule has 0 aromatic heterocycles. The molecule has 0 saturated carbocycles. The molecule has 15 heavy (non-hydrogen) atoms. The summed E-state index contributed by atoms with van der Waals surface area (Å²) in [7, 11) is 0. The van der Waals surface area contributed by atoms with Crippen molar-refractivity contribution < 1.29 is 9.90 Å². The van der Waals surface area contributed by atoms with Crippen LogP contribution in [0.1, 0.15) is 19.4 Å². The number of hydrogen-bond acceptors (Lipinski definition) is 2. The highest BCUT2D eigenvalue weighted by Gasteiger charge is 2.37. The Balaban J connectivity index is 2.90. The maximum Gasteiger partial charge on any atom is 0.311 e. The van der Waals surface area contributed by atoms with Gasteiger partial charge in [0.15, 0.2) is 0 Å². The lowest BCUT2D eigenvalue weighted by molar-refractivity contribution is -0.148. The van der Waals surface area contributed by atoms with Crippen molar-refractivity contribution in [2.24, 2.45) is 11.1 Å². The molecule has 3 nitrogen and oxygen atoms in total. The molecule has 0 saturated heterocycles. The van der Waals surface area contributed by atoms with Gasteiger partial charge >= 0.3 is 5.97 Å². The van der Waals surface area contributed by atoms with E-state index in [-0.39, 0.29) is 6.04 Å². The van der Waals surface area contributed by atoms with Crippen molar-refractivity contribution in [2.75, 3.05) is 0 Å². The van der Waals surface area contributed by atoms with Crippen LogP contribution in [0, 0.1) is 5.41 Å². The number of hydrogen-bond donors (Lipinski definition) is 2. The zero-order chi connectivity index (χ0) is 11.5. The number of rotatable bonds is 4. The maximum absolute atomic E-state index is 11.2. The van der Waals surface area contributed by atoms with Gasteiger partial charge in [-0.05, 0) is 25.8 Å². The first-order chi connectivity index (χ1) is 6.97. The van der Waals surface area contributed by atoms with Gasteiger partial charge in [0.05, 0.1) is 5.41 Å². The third-order valence-electron chi connectivity index (χ3n) is 2.91. The third-order valence-corrected chi connectivity index (χ3v) is 2.91. The van der Waals surface area contributed by atoms with Crippen molar-refractivity contribution >= 4 is 5.97 Å². The van der Waals surface area contributed by atoms with E-state index in [9.17, 15) is 9.90 Å². The van der Waals surface area contributed by atoms with Gasteiger partial charge in [-0.2, -0.15) is 0 Å². The number of benzene rings is 1. The molecule has 3 N–H and O–H groups in total. The molecule has 0 bridgehead atoms. The maximum atomic E-state index is 11.2. The van der Waals surface area contributed by atoms with Gasteiger partial charge in [-0.1, -0.05) is 30.3 Å². The number of carboxylic acids is 1. The van der Waals surface area contributed by atoms with E-state index in [2.05, 4.69) is 0 Å². The Morgan fingerprint density at radius 3 is 2.40 bits per heavy atom. The van der Waals surface area contributed by atoms with Crippen LogP contribution in [-0.4, -0.2) is 17.1 Å². The lowest BCUT2D eigenvalue weighted by Gasteiger charge is -2.28. The van der Waals surface area contributed by atoms with Crippen LogP contribution < -0.4 is 5.73 Å². The minimum Gasteiger partial charge on any atom is -0.481 e. The van der Waals surface area contributed by atoms with Crippen molar-refractivity contribution in [3.05, 3.63) is 35.9 Å². The molecule has 0 spiro atoms. The first kappa shape index (κ1) is 11.7. The van der Waals surface area contributed by atoms with Crippen LogP contribution in [0.3, 0.4) is 0 Å². The zero-order valence-electron chi connectivity index (χ0n) is 9.10. The van der Waals surface area contributed by atoms with Crippen LogP contribution >= 0.6 is 0 Å². The van der Waals surface area contributed by atoms with Crippen LogP contribution in [-0.2, 0) is 11.2 Å². The lowest BCUT2D eigenvalue weighted by Crippen LogP contribution is -2.45. The van der Waals surface area contributed by atoms with Crippen molar-refractivity contribution in [3.8, 4) is 0 Å². The summed E-state index contributed by atoms with van der Waals surface area (Å²) in [6.07, 6.45) is 0.459. The van der Waals surface area contributed by atoms with Gasteiger partial charge in [0.2, 0.25) is 0 Å². The monoisotopic (exact) mass is 207 g/mol. The van der Waals surface area contributed by atoms with Gasteiger partial charge < -0.3 is 10.8 Å². The molecule has 1 rings (SSSR count). The highest BCUT2D eigenvalue weighted by molar-refractivity contribution is 5.75. The molecule has 82 valence electrons. The summed E-state index contributed by atoms with van der Waals surface area (Å²) < 4.78 is 0. The van der Waals surface area contributed by atoms with Crippen molar-refractivity contribution in [1.29, 1.82) is 0 Å². The second-order valence-corrected chi connectivity index (χ2v) is 4.17. The SMILES string of the molecule is CC(N)C(C)(Cc1ccccc1)C(=O)O. The van der Waals surface area contributed by atoms with E-state index in [1.54, 1.807) is 13.8 Å². The van der Waals surface area contributed by atoms with Crippen molar-refractivity contribution in [1.82, 2.24) is 0 Å². The van der Waals surface area contributed by atoms with Gasteiger partial charge in [-0.25, -0.2) is 0 Å². The van der Waals surface area contributed by atoms with E-state index in [0.29, 0.717) is 6.42 Å². The fourth-order valence-corrected chi connectivity index (χ4v) is 1.45. The van der Waals surface area contributed by atoms with Crippen LogP contribution in [0.4, 0.5) is 0 Å². The van der Waals surface area contributed by atoms with Gasteiger partial charge in [0.1, 0.15) is 0 Å². The predicted molar refractivity (Wildman–Crippen MR) is 59.5 cm³/mol. The van der Waals surface area contributed by atoms with E-state index in [1.165, 1.54) is 0 Å². The normalized spacial score (nSPS) is 16.7. The molecule has 0 heterocycles. The largest absolute Gasteiger partial charge is 0.481 e. The average molecular weight is 207 g/mol. The second kappa shape index (κ2) is 4.45. The molecule has 2 unspecified atom stereocenters. The Kier molecular flexibility index (Phi) is 3.48. The molecule has 0 fully saturated rings. The summed E-state index contributed by atoms with van der Waals surface area (Å²) in [5.41, 5.74) is 5.84. The van der Waals surface area contributed by atoms with E-state index in [0.717, 1.165) is 5.56 Å². The van der Waals surface area contributed by atoms with Crippen LogP contribution in [0.5, 0.6) is 0 Å². The first-order valence-electron chi connectivity index (χ1n) is 4.99. The standard InChI is InChI=1S/C12H17NO2/c1-9(13)12(2,11(14)15)8-10-6-4-3-5-7-10/h3-7,9H,8,13H2,1-2H3,(H,14,15). The quantitative estimate of drug-likeness (QED) is 0.789. The van der Waals surface area contributed by atoms with Crippen LogP contribution in [0.2, 0.25) is 0 Å². The Morgan fingerprint density at radius 2 is 2.00 bits per heavy atom. The molecular formula is C12H17NO2. The molecule has 0 aliphatic carbocycles. The molecule has 1 aromatic rings.